The third-order valence-electron chi connectivity index (χ3n) is 2.09. The van der Waals surface area contributed by atoms with Gasteiger partial charge in [0.05, 0.1) is 12.2 Å². The highest BCUT2D eigenvalue weighted by atomic mass is 35.5. The van der Waals surface area contributed by atoms with Gasteiger partial charge in [-0.15, -0.1) is 12.4 Å². The van der Waals surface area contributed by atoms with Crippen molar-refractivity contribution in [2.75, 3.05) is 13.7 Å². The number of carbonyl (C=O) groups is 1. The van der Waals surface area contributed by atoms with Crippen LogP contribution in [0.25, 0.3) is 0 Å². The van der Waals surface area contributed by atoms with E-state index >= 15 is 0 Å². The largest absolute Gasteiger partial charge is 0.478 e. The van der Waals surface area contributed by atoms with E-state index in [1.807, 2.05) is 20.9 Å². The molecule has 0 radical (unpaired) electrons. The van der Waals surface area contributed by atoms with Gasteiger partial charge in [0.1, 0.15) is 0 Å². The molecule has 0 atom stereocenters. The van der Waals surface area contributed by atoms with Crippen molar-refractivity contribution in [3.63, 3.8) is 0 Å². The summed E-state index contributed by atoms with van der Waals surface area (Å²) in [7, 11) is 1.83. The van der Waals surface area contributed by atoms with Crippen molar-refractivity contribution in [3.8, 4) is 0 Å². The molecule has 0 aliphatic rings. The van der Waals surface area contributed by atoms with Gasteiger partial charge in [-0.1, -0.05) is 18.2 Å². The fourth-order valence-corrected chi connectivity index (χ4v) is 0.660. The summed E-state index contributed by atoms with van der Waals surface area (Å²) in [4.78, 5) is 10.2. The predicted molar refractivity (Wildman–Crippen MR) is 70.9 cm³/mol. The van der Waals surface area contributed by atoms with Gasteiger partial charge < -0.3 is 15.5 Å². The lowest BCUT2D eigenvalue weighted by atomic mass is 10.1. The minimum Gasteiger partial charge on any atom is -0.478 e. The van der Waals surface area contributed by atoms with Crippen molar-refractivity contribution >= 4 is 18.4 Å². The Morgan fingerprint density at radius 3 is 1.94 bits per heavy atom. The Kier molecular flexibility index (Phi) is 9.66. The van der Waals surface area contributed by atoms with E-state index in [0.717, 1.165) is 0 Å². The average molecular weight is 262 g/mol. The van der Waals surface area contributed by atoms with Crippen molar-refractivity contribution in [1.29, 1.82) is 0 Å². The Morgan fingerprint density at radius 2 is 1.76 bits per heavy atom. The highest BCUT2D eigenvalue weighted by Gasteiger charge is 2.10. The van der Waals surface area contributed by atoms with Crippen LogP contribution in [0.5, 0.6) is 0 Å². The van der Waals surface area contributed by atoms with E-state index in [4.69, 9.17) is 10.2 Å². The van der Waals surface area contributed by atoms with E-state index in [2.05, 4.69) is 5.32 Å². The first-order valence-electron chi connectivity index (χ1n) is 5.01. The summed E-state index contributed by atoms with van der Waals surface area (Å²) < 4.78 is 0. The average Bonchev–Trinajstić information content (AvgIpc) is 2.31. The summed E-state index contributed by atoms with van der Waals surface area (Å²) >= 11 is 0. The molecule has 0 spiro atoms. The van der Waals surface area contributed by atoms with Gasteiger partial charge in [-0.25, -0.2) is 4.79 Å². The van der Waals surface area contributed by atoms with Crippen LogP contribution in [0.15, 0.2) is 30.3 Å². The van der Waals surface area contributed by atoms with Crippen molar-refractivity contribution in [1.82, 2.24) is 5.32 Å². The second kappa shape index (κ2) is 8.98. The molecule has 1 aromatic rings. The highest BCUT2D eigenvalue weighted by molar-refractivity contribution is 5.87. The Balaban J connectivity index is 0. The molecule has 0 aliphatic carbocycles. The van der Waals surface area contributed by atoms with Gasteiger partial charge in [0, 0.05) is 5.54 Å². The molecular weight excluding hydrogens is 242 g/mol. The Labute approximate surface area is 108 Å². The summed E-state index contributed by atoms with van der Waals surface area (Å²) in [6.45, 7) is 4.06. The van der Waals surface area contributed by atoms with Gasteiger partial charge in [0.25, 0.3) is 0 Å². The maximum Gasteiger partial charge on any atom is 0.335 e. The summed E-state index contributed by atoms with van der Waals surface area (Å²) in [5.74, 6) is -0.879. The standard InChI is InChI=1S/C7H6O2.C5H13NO.ClH/c8-7(9)6-4-2-1-3-5-6;1-5(2,4-7)6-3;/h1-5H,(H,8,9);6-7H,4H2,1-3H3;1H. The summed E-state index contributed by atoms with van der Waals surface area (Å²) in [5.41, 5.74) is 0.220. The number of rotatable bonds is 3. The number of hydrogen-bond donors (Lipinski definition) is 3. The molecule has 0 heterocycles. The maximum atomic E-state index is 10.2. The van der Waals surface area contributed by atoms with Crippen molar-refractivity contribution in [3.05, 3.63) is 35.9 Å². The minimum absolute atomic E-state index is 0. The third kappa shape index (κ3) is 8.68. The second-order valence-electron chi connectivity index (χ2n) is 3.96. The molecule has 98 valence electrons. The van der Waals surface area contributed by atoms with Gasteiger partial charge >= 0.3 is 5.97 Å². The van der Waals surface area contributed by atoms with E-state index in [0.29, 0.717) is 5.56 Å². The zero-order valence-electron chi connectivity index (χ0n) is 10.3. The topological polar surface area (TPSA) is 69.6 Å². The first kappa shape index (κ1) is 18.3. The molecule has 0 amide bonds. The molecule has 3 N–H and O–H groups in total. The summed E-state index contributed by atoms with van der Waals surface area (Å²) in [6, 6.07) is 8.30. The van der Waals surface area contributed by atoms with Crippen LogP contribution in [-0.2, 0) is 0 Å². The molecule has 1 rings (SSSR count). The number of aromatic carboxylic acids is 1. The molecular formula is C12H20ClNO3. The van der Waals surface area contributed by atoms with Crippen LogP contribution < -0.4 is 5.32 Å². The number of aliphatic hydroxyl groups excluding tert-OH is 1. The van der Waals surface area contributed by atoms with Crippen LogP contribution in [0.4, 0.5) is 0 Å². The number of halogens is 1. The molecule has 0 bridgehead atoms. The Hall–Kier alpha value is -1.10. The maximum absolute atomic E-state index is 10.2. The van der Waals surface area contributed by atoms with Crippen molar-refractivity contribution in [2.45, 2.75) is 19.4 Å². The zero-order chi connectivity index (χ0) is 12.6. The Morgan fingerprint density at radius 1 is 1.29 bits per heavy atom. The van der Waals surface area contributed by atoms with Gasteiger partial charge in [0.2, 0.25) is 0 Å². The molecule has 0 saturated carbocycles. The number of likely N-dealkylation sites (N-methyl/N-ethyl adjacent to an activating group) is 1. The number of aliphatic hydroxyl groups is 1. The first-order valence-corrected chi connectivity index (χ1v) is 5.01. The van der Waals surface area contributed by atoms with E-state index in [1.54, 1.807) is 30.3 Å². The molecule has 17 heavy (non-hydrogen) atoms. The van der Waals surface area contributed by atoms with Crippen LogP contribution in [0, 0.1) is 0 Å². The minimum atomic E-state index is -0.879. The molecule has 1 aromatic carbocycles. The quantitative estimate of drug-likeness (QED) is 0.776. The molecule has 0 saturated heterocycles. The number of carboxylic acid groups (broad SMARTS) is 1. The van der Waals surface area contributed by atoms with Crippen LogP contribution in [0.3, 0.4) is 0 Å². The lowest BCUT2D eigenvalue weighted by Crippen LogP contribution is -2.39. The third-order valence-corrected chi connectivity index (χ3v) is 2.09. The van der Waals surface area contributed by atoms with Crippen molar-refractivity contribution in [2.24, 2.45) is 0 Å². The molecule has 4 nitrogen and oxygen atoms in total. The Bertz CT molecular complexity index is 309. The summed E-state index contributed by atoms with van der Waals surface area (Å²) in [5, 5.41) is 19.9. The number of benzene rings is 1. The lowest BCUT2D eigenvalue weighted by molar-refractivity contribution is 0.0697. The number of hydrogen-bond acceptors (Lipinski definition) is 3. The lowest BCUT2D eigenvalue weighted by Gasteiger charge is -2.19. The highest BCUT2D eigenvalue weighted by Crippen LogP contribution is 1.96. The van der Waals surface area contributed by atoms with Crippen LogP contribution in [-0.4, -0.2) is 35.4 Å². The number of carboxylic acids is 1. The van der Waals surface area contributed by atoms with Crippen molar-refractivity contribution < 1.29 is 15.0 Å². The zero-order valence-corrected chi connectivity index (χ0v) is 11.1. The molecule has 0 unspecified atom stereocenters. The predicted octanol–water partition coefficient (Wildman–Crippen LogP) is 1.78. The molecule has 5 heteroatoms. The molecule has 0 fully saturated rings. The summed E-state index contributed by atoms with van der Waals surface area (Å²) in [6.07, 6.45) is 0. The van der Waals surface area contributed by atoms with Gasteiger partial charge in [-0.05, 0) is 33.0 Å². The fourth-order valence-electron chi connectivity index (χ4n) is 0.660. The molecule has 0 aliphatic heterocycles. The SMILES string of the molecule is CNC(C)(C)CO.Cl.O=C(O)c1ccccc1. The van der Waals surface area contributed by atoms with Crippen LogP contribution in [0.2, 0.25) is 0 Å². The second-order valence-corrected chi connectivity index (χ2v) is 3.96. The smallest absolute Gasteiger partial charge is 0.335 e. The van der Waals surface area contributed by atoms with E-state index in [-0.39, 0.29) is 24.6 Å². The molecule has 0 aromatic heterocycles. The monoisotopic (exact) mass is 261 g/mol. The van der Waals surface area contributed by atoms with E-state index < -0.39 is 5.97 Å². The van der Waals surface area contributed by atoms with E-state index in [1.165, 1.54) is 0 Å². The van der Waals surface area contributed by atoms with Gasteiger partial charge in [-0.3, -0.25) is 0 Å². The van der Waals surface area contributed by atoms with Crippen LogP contribution in [0.1, 0.15) is 24.2 Å². The first-order chi connectivity index (χ1) is 7.43. The van der Waals surface area contributed by atoms with Gasteiger partial charge in [-0.2, -0.15) is 0 Å². The normalized spacial score (nSPS) is 9.65. The van der Waals surface area contributed by atoms with Crippen LogP contribution >= 0.6 is 12.4 Å². The number of nitrogens with one attached hydrogen (secondary N) is 1. The van der Waals surface area contributed by atoms with E-state index in [9.17, 15) is 4.79 Å². The fraction of sp³-hybridized carbons (Fsp3) is 0.417. The van der Waals surface area contributed by atoms with Gasteiger partial charge in [0.15, 0.2) is 0 Å².